The quantitative estimate of drug-likeness (QED) is 0.361. The van der Waals surface area contributed by atoms with Crippen molar-refractivity contribution in [3.63, 3.8) is 0 Å². The number of fused-ring (bicyclic) bond motifs is 1. The highest BCUT2D eigenvalue weighted by atomic mass is 35.5. The maximum absolute atomic E-state index is 11.9. The summed E-state index contributed by atoms with van der Waals surface area (Å²) in [7, 11) is 1.88. The largest absolute Gasteiger partial charge is 0.482 e. The Labute approximate surface area is 220 Å². The van der Waals surface area contributed by atoms with Crippen LogP contribution in [-0.4, -0.2) is 49.7 Å². The lowest BCUT2D eigenvalue weighted by atomic mass is 10.1. The Balaban J connectivity index is 1.29. The van der Waals surface area contributed by atoms with Gasteiger partial charge in [-0.1, -0.05) is 17.7 Å². The number of halogens is 1. The standard InChI is InChI=1S/C27H31ClN6O3/c1-17(2)30-25(35)16-37-23-10-8-19(14-21(23)28)27-31-24(33(3)32-27)13-18-7-9-22-20(12-18)15-29-34(22)26-6-4-5-11-36-26/h7-10,12,14-15,17,26H,4-6,11,13,16H2,1-3H3,(H,30,35). The third kappa shape index (κ3) is 5.78. The molecule has 1 aliphatic rings. The second-order valence-electron chi connectivity index (χ2n) is 9.61. The molecule has 2 aromatic heterocycles. The summed E-state index contributed by atoms with van der Waals surface area (Å²) in [6.07, 6.45) is 5.81. The van der Waals surface area contributed by atoms with Gasteiger partial charge in [0.25, 0.3) is 5.91 Å². The van der Waals surface area contributed by atoms with E-state index < -0.39 is 0 Å². The molecule has 1 unspecified atom stereocenters. The van der Waals surface area contributed by atoms with E-state index in [1.165, 1.54) is 0 Å². The van der Waals surface area contributed by atoms with E-state index in [4.69, 9.17) is 26.1 Å². The van der Waals surface area contributed by atoms with Gasteiger partial charge in [0.05, 0.1) is 16.7 Å². The lowest BCUT2D eigenvalue weighted by Crippen LogP contribution is -2.34. The molecular formula is C27H31ClN6O3. The van der Waals surface area contributed by atoms with Crippen LogP contribution in [-0.2, 0) is 23.0 Å². The number of benzene rings is 2. The molecule has 194 valence electrons. The number of nitrogens with zero attached hydrogens (tertiary/aromatic N) is 5. The van der Waals surface area contributed by atoms with Gasteiger partial charge in [-0.2, -0.15) is 10.2 Å². The summed E-state index contributed by atoms with van der Waals surface area (Å²) >= 11 is 6.42. The Morgan fingerprint density at radius 1 is 1.24 bits per heavy atom. The smallest absolute Gasteiger partial charge is 0.258 e. The number of carbonyl (C=O) groups is 1. The van der Waals surface area contributed by atoms with Crippen molar-refractivity contribution in [2.75, 3.05) is 13.2 Å². The topological polar surface area (TPSA) is 96.1 Å². The molecule has 1 fully saturated rings. The van der Waals surface area contributed by atoms with Crippen molar-refractivity contribution in [2.24, 2.45) is 7.05 Å². The predicted molar refractivity (Wildman–Crippen MR) is 142 cm³/mol. The first-order valence-electron chi connectivity index (χ1n) is 12.6. The highest BCUT2D eigenvalue weighted by Gasteiger charge is 2.19. The SMILES string of the molecule is CC(C)NC(=O)COc1ccc(-c2nc(Cc3ccc4c(cnn4C4CCCCO4)c3)n(C)n2)cc1Cl. The van der Waals surface area contributed by atoms with E-state index >= 15 is 0 Å². The summed E-state index contributed by atoms with van der Waals surface area (Å²) in [6, 6.07) is 11.7. The van der Waals surface area contributed by atoms with Gasteiger partial charge in [-0.15, -0.1) is 0 Å². The fraction of sp³-hybridized carbons (Fsp3) is 0.407. The van der Waals surface area contributed by atoms with E-state index in [0.29, 0.717) is 23.0 Å². The van der Waals surface area contributed by atoms with Crippen LogP contribution in [0.25, 0.3) is 22.3 Å². The molecule has 0 bridgehead atoms. The van der Waals surface area contributed by atoms with Crippen LogP contribution < -0.4 is 10.1 Å². The van der Waals surface area contributed by atoms with Crippen molar-refractivity contribution in [3.05, 3.63) is 59.0 Å². The second-order valence-corrected chi connectivity index (χ2v) is 10.0. The number of ether oxygens (including phenoxy) is 2. The van der Waals surface area contributed by atoms with Gasteiger partial charge in [-0.05, 0) is 69.0 Å². The van der Waals surface area contributed by atoms with Crippen LogP contribution in [0, 0.1) is 0 Å². The van der Waals surface area contributed by atoms with Gasteiger partial charge in [-0.25, -0.2) is 9.67 Å². The van der Waals surface area contributed by atoms with E-state index in [1.54, 1.807) is 16.8 Å². The van der Waals surface area contributed by atoms with Crippen LogP contribution in [0.3, 0.4) is 0 Å². The number of aryl methyl sites for hydroxylation is 1. The zero-order valence-corrected chi connectivity index (χ0v) is 22.0. The van der Waals surface area contributed by atoms with Gasteiger partial charge in [0.15, 0.2) is 18.7 Å². The molecule has 2 aromatic carbocycles. The molecule has 1 N–H and O–H groups in total. The van der Waals surface area contributed by atoms with E-state index in [1.807, 2.05) is 37.8 Å². The zero-order valence-electron chi connectivity index (χ0n) is 21.3. The summed E-state index contributed by atoms with van der Waals surface area (Å²) in [5.74, 6) is 1.65. The van der Waals surface area contributed by atoms with Crippen molar-refractivity contribution in [1.29, 1.82) is 0 Å². The summed E-state index contributed by atoms with van der Waals surface area (Å²) < 4.78 is 15.3. The fourth-order valence-electron chi connectivity index (χ4n) is 4.50. The van der Waals surface area contributed by atoms with E-state index in [9.17, 15) is 4.79 Å². The molecule has 1 amide bonds. The molecule has 0 saturated carbocycles. The minimum absolute atomic E-state index is 0.0132. The van der Waals surface area contributed by atoms with E-state index in [2.05, 4.69) is 33.7 Å². The molecule has 0 radical (unpaired) electrons. The van der Waals surface area contributed by atoms with Gasteiger partial charge in [-0.3, -0.25) is 9.48 Å². The number of nitrogens with one attached hydrogen (secondary N) is 1. The van der Waals surface area contributed by atoms with Crippen molar-refractivity contribution >= 4 is 28.4 Å². The molecule has 1 atom stereocenters. The van der Waals surface area contributed by atoms with Gasteiger partial charge in [0, 0.05) is 37.1 Å². The van der Waals surface area contributed by atoms with Gasteiger partial charge >= 0.3 is 0 Å². The number of aromatic nitrogens is 5. The highest BCUT2D eigenvalue weighted by Crippen LogP contribution is 2.30. The second kappa shape index (κ2) is 10.9. The average Bonchev–Trinajstić information content (AvgIpc) is 3.46. The Morgan fingerprint density at radius 2 is 2.11 bits per heavy atom. The highest BCUT2D eigenvalue weighted by molar-refractivity contribution is 6.32. The third-order valence-corrected chi connectivity index (χ3v) is 6.60. The molecule has 10 heteroatoms. The first-order valence-corrected chi connectivity index (χ1v) is 12.9. The minimum Gasteiger partial charge on any atom is -0.482 e. The minimum atomic E-state index is -0.195. The summed E-state index contributed by atoms with van der Waals surface area (Å²) in [4.78, 5) is 16.6. The lowest BCUT2D eigenvalue weighted by molar-refractivity contribution is -0.123. The lowest BCUT2D eigenvalue weighted by Gasteiger charge is -2.23. The molecule has 5 rings (SSSR count). The monoisotopic (exact) mass is 522 g/mol. The van der Waals surface area contributed by atoms with Crippen LogP contribution in [0.4, 0.5) is 0 Å². The molecule has 37 heavy (non-hydrogen) atoms. The van der Waals surface area contributed by atoms with Crippen molar-refractivity contribution in [1.82, 2.24) is 29.9 Å². The summed E-state index contributed by atoms with van der Waals surface area (Å²) in [6.45, 7) is 4.48. The molecule has 1 aliphatic heterocycles. The molecule has 0 spiro atoms. The van der Waals surface area contributed by atoms with E-state index in [-0.39, 0.29) is 24.8 Å². The van der Waals surface area contributed by atoms with Crippen LogP contribution in [0.15, 0.2) is 42.6 Å². The van der Waals surface area contributed by atoms with Crippen molar-refractivity contribution in [3.8, 4) is 17.1 Å². The first-order chi connectivity index (χ1) is 17.9. The Bertz CT molecular complexity index is 1410. The Kier molecular flexibility index (Phi) is 7.43. The summed E-state index contributed by atoms with van der Waals surface area (Å²) in [5, 5.41) is 13.4. The maximum Gasteiger partial charge on any atom is 0.258 e. The number of rotatable bonds is 8. The molecular weight excluding hydrogens is 492 g/mol. The maximum atomic E-state index is 11.9. The average molecular weight is 523 g/mol. The van der Waals surface area contributed by atoms with Crippen LogP contribution >= 0.6 is 11.6 Å². The first kappa shape index (κ1) is 25.2. The van der Waals surface area contributed by atoms with Crippen LogP contribution in [0.2, 0.25) is 5.02 Å². The van der Waals surface area contributed by atoms with Crippen LogP contribution in [0.1, 0.15) is 50.7 Å². The third-order valence-electron chi connectivity index (χ3n) is 6.30. The molecule has 1 saturated heterocycles. The fourth-order valence-corrected chi connectivity index (χ4v) is 4.73. The van der Waals surface area contributed by atoms with Crippen LogP contribution in [0.5, 0.6) is 5.75 Å². The van der Waals surface area contributed by atoms with Crippen molar-refractivity contribution < 1.29 is 14.3 Å². The molecule has 0 aliphatic carbocycles. The summed E-state index contributed by atoms with van der Waals surface area (Å²) in [5.41, 5.74) is 2.98. The van der Waals surface area contributed by atoms with Gasteiger partial charge < -0.3 is 14.8 Å². The number of carbonyl (C=O) groups excluding carboxylic acids is 1. The normalized spacial score (nSPS) is 15.9. The predicted octanol–water partition coefficient (Wildman–Crippen LogP) is 4.68. The zero-order chi connectivity index (χ0) is 25.9. The van der Waals surface area contributed by atoms with Crippen molar-refractivity contribution in [2.45, 2.75) is 51.8 Å². The molecule has 4 aromatic rings. The number of amides is 1. The Morgan fingerprint density at radius 3 is 2.86 bits per heavy atom. The molecule has 9 nitrogen and oxygen atoms in total. The Hall–Kier alpha value is -3.43. The van der Waals surface area contributed by atoms with Gasteiger partial charge in [0.2, 0.25) is 0 Å². The number of hydrogen-bond acceptors (Lipinski definition) is 6. The molecule has 3 heterocycles. The van der Waals surface area contributed by atoms with E-state index in [0.717, 1.165) is 53.7 Å². The van der Waals surface area contributed by atoms with Gasteiger partial charge in [0.1, 0.15) is 11.6 Å². The number of hydrogen-bond donors (Lipinski definition) is 1.